The van der Waals surface area contributed by atoms with E-state index in [9.17, 15) is 13.6 Å². The van der Waals surface area contributed by atoms with Gasteiger partial charge < -0.3 is 10.2 Å². The number of nitrogens with one attached hydrogen (secondary N) is 1. The first-order valence-electron chi connectivity index (χ1n) is 6.37. The van der Waals surface area contributed by atoms with Crippen molar-refractivity contribution in [2.45, 2.75) is 18.9 Å². The Hall–Kier alpha value is -1.49. The molecular weight excluding hydrogens is 250 g/mol. The molecule has 1 N–H and O–H groups in total. The van der Waals surface area contributed by atoms with Crippen LogP contribution in [0.3, 0.4) is 0 Å². The van der Waals surface area contributed by atoms with Crippen molar-refractivity contribution in [3.63, 3.8) is 0 Å². The minimum Gasteiger partial charge on any atom is -0.352 e. The van der Waals surface area contributed by atoms with Gasteiger partial charge in [-0.1, -0.05) is 0 Å². The third-order valence-electron chi connectivity index (χ3n) is 3.67. The largest absolute Gasteiger partial charge is 0.352 e. The van der Waals surface area contributed by atoms with Crippen molar-refractivity contribution in [1.82, 2.24) is 10.2 Å². The van der Waals surface area contributed by atoms with Crippen molar-refractivity contribution in [2.75, 3.05) is 20.6 Å². The molecule has 19 heavy (non-hydrogen) atoms. The first-order valence-corrected chi connectivity index (χ1v) is 6.37. The van der Waals surface area contributed by atoms with Gasteiger partial charge in [0.15, 0.2) is 11.6 Å². The highest BCUT2D eigenvalue weighted by Gasteiger charge is 2.30. The number of halogens is 2. The number of benzene rings is 1. The number of rotatable bonds is 4. The zero-order valence-corrected chi connectivity index (χ0v) is 11.1. The van der Waals surface area contributed by atoms with Crippen molar-refractivity contribution in [3.8, 4) is 0 Å². The van der Waals surface area contributed by atoms with Gasteiger partial charge in [0.25, 0.3) is 5.91 Å². The number of nitrogens with zero attached hydrogens (tertiary/aromatic N) is 1. The van der Waals surface area contributed by atoms with Crippen molar-refractivity contribution in [3.05, 3.63) is 35.4 Å². The van der Waals surface area contributed by atoms with Crippen molar-refractivity contribution in [2.24, 2.45) is 5.92 Å². The Morgan fingerprint density at radius 2 is 2.00 bits per heavy atom. The van der Waals surface area contributed by atoms with Gasteiger partial charge in [0.1, 0.15) is 0 Å². The Balaban J connectivity index is 1.80. The molecule has 5 heteroatoms. The van der Waals surface area contributed by atoms with Crippen LogP contribution in [-0.2, 0) is 0 Å². The number of carbonyl (C=O) groups excluding carboxylic acids is 1. The van der Waals surface area contributed by atoms with Gasteiger partial charge in [-0.25, -0.2) is 8.78 Å². The molecule has 0 atom stereocenters. The second kappa shape index (κ2) is 5.65. The summed E-state index contributed by atoms with van der Waals surface area (Å²) in [7, 11) is 4.08. The van der Waals surface area contributed by atoms with Gasteiger partial charge in [0.05, 0.1) is 0 Å². The van der Waals surface area contributed by atoms with Crippen molar-refractivity contribution >= 4 is 5.91 Å². The molecule has 1 saturated carbocycles. The molecule has 1 aromatic carbocycles. The number of hydrogen-bond donors (Lipinski definition) is 1. The molecule has 1 fully saturated rings. The summed E-state index contributed by atoms with van der Waals surface area (Å²) in [6, 6.07) is 3.77. The number of amides is 1. The van der Waals surface area contributed by atoms with E-state index in [4.69, 9.17) is 0 Å². The van der Waals surface area contributed by atoms with E-state index in [1.54, 1.807) is 0 Å². The van der Waals surface area contributed by atoms with Crippen molar-refractivity contribution in [1.29, 1.82) is 0 Å². The van der Waals surface area contributed by atoms with E-state index in [1.807, 2.05) is 14.1 Å². The summed E-state index contributed by atoms with van der Waals surface area (Å²) in [5.41, 5.74) is 0.155. The van der Waals surface area contributed by atoms with Gasteiger partial charge >= 0.3 is 0 Å². The molecule has 0 spiro atoms. The smallest absolute Gasteiger partial charge is 0.251 e. The lowest BCUT2D eigenvalue weighted by Gasteiger charge is -2.39. The highest BCUT2D eigenvalue weighted by Crippen LogP contribution is 2.29. The molecule has 1 aliphatic rings. The highest BCUT2D eigenvalue weighted by molar-refractivity contribution is 5.94. The van der Waals surface area contributed by atoms with E-state index >= 15 is 0 Å². The Morgan fingerprint density at radius 1 is 1.32 bits per heavy atom. The molecule has 104 valence electrons. The van der Waals surface area contributed by atoms with Crippen LogP contribution in [0.4, 0.5) is 8.78 Å². The minimum atomic E-state index is -0.996. The Kier molecular flexibility index (Phi) is 4.14. The average Bonchev–Trinajstić information content (AvgIpc) is 2.29. The van der Waals surface area contributed by atoms with E-state index < -0.39 is 11.6 Å². The highest BCUT2D eigenvalue weighted by atomic mass is 19.2. The molecule has 1 aromatic rings. The van der Waals surface area contributed by atoms with Crippen LogP contribution >= 0.6 is 0 Å². The summed E-state index contributed by atoms with van der Waals surface area (Å²) in [4.78, 5) is 13.9. The second-order valence-electron chi connectivity index (χ2n) is 5.29. The quantitative estimate of drug-likeness (QED) is 0.906. The Labute approximate surface area is 111 Å². The van der Waals surface area contributed by atoms with Gasteiger partial charge in [0.2, 0.25) is 0 Å². The monoisotopic (exact) mass is 268 g/mol. The normalized spacial score (nSPS) is 22.2. The van der Waals surface area contributed by atoms with E-state index in [-0.39, 0.29) is 11.5 Å². The van der Waals surface area contributed by atoms with Crippen LogP contribution in [0, 0.1) is 17.6 Å². The molecule has 0 unspecified atom stereocenters. The third-order valence-corrected chi connectivity index (χ3v) is 3.67. The lowest BCUT2D eigenvalue weighted by molar-refractivity contribution is 0.0892. The maximum Gasteiger partial charge on any atom is 0.251 e. The minimum absolute atomic E-state index is 0.155. The molecule has 1 aliphatic carbocycles. The number of hydrogen-bond acceptors (Lipinski definition) is 2. The molecule has 0 aromatic heterocycles. The summed E-state index contributed by atoms with van der Waals surface area (Å²) in [6.07, 6.45) is 2.12. The summed E-state index contributed by atoms with van der Waals surface area (Å²) >= 11 is 0. The second-order valence-corrected chi connectivity index (χ2v) is 5.29. The predicted molar refractivity (Wildman–Crippen MR) is 68.9 cm³/mol. The molecule has 3 nitrogen and oxygen atoms in total. The van der Waals surface area contributed by atoms with Crippen LogP contribution < -0.4 is 5.32 Å². The molecule has 1 amide bonds. The van der Waals surface area contributed by atoms with E-state index in [0.717, 1.165) is 25.0 Å². The maximum absolute atomic E-state index is 13.0. The Bertz CT molecular complexity index is 471. The standard InChI is InChI=1S/C14H18F2N2O/c1-18(2)11-5-9(6-11)8-17-14(19)10-3-4-12(15)13(16)7-10/h3-4,7,9,11H,5-6,8H2,1-2H3,(H,17,19). The fourth-order valence-electron chi connectivity index (χ4n) is 2.27. The lowest BCUT2D eigenvalue weighted by Crippen LogP contribution is -2.45. The van der Waals surface area contributed by atoms with E-state index in [2.05, 4.69) is 10.2 Å². The topological polar surface area (TPSA) is 32.3 Å². The molecule has 0 heterocycles. The fourth-order valence-corrected chi connectivity index (χ4v) is 2.27. The molecule has 0 saturated heterocycles. The van der Waals surface area contributed by atoms with Gasteiger partial charge in [-0.3, -0.25) is 4.79 Å². The molecular formula is C14H18F2N2O. The molecule has 2 rings (SSSR count). The molecule has 0 aliphatic heterocycles. The first kappa shape index (κ1) is 13.9. The van der Waals surface area contributed by atoms with Gasteiger partial charge in [-0.2, -0.15) is 0 Å². The van der Waals surface area contributed by atoms with Crippen LogP contribution in [-0.4, -0.2) is 37.5 Å². The van der Waals surface area contributed by atoms with Gasteiger partial charge in [-0.05, 0) is 51.1 Å². The summed E-state index contributed by atoms with van der Waals surface area (Å²) in [6.45, 7) is 0.585. The fraction of sp³-hybridized carbons (Fsp3) is 0.500. The molecule has 0 radical (unpaired) electrons. The van der Waals surface area contributed by atoms with Crippen LogP contribution in [0.5, 0.6) is 0 Å². The van der Waals surface area contributed by atoms with Crippen LogP contribution in [0.1, 0.15) is 23.2 Å². The van der Waals surface area contributed by atoms with Crippen LogP contribution in [0.15, 0.2) is 18.2 Å². The van der Waals surface area contributed by atoms with Gasteiger partial charge in [0, 0.05) is 18.2 Å². The average molecular weight is 268 g/mol. The van der Waals surface area contributed by atoms with Crippen molar-refractivity contribution < 1.29 is 13.6 Å². The zero-order chi connectivity index (χ0) is 14.0. The summed E-state index contributed by atoms with van der Waals surface area (Å²) in [5.74, 6) is -1.82. The SMILES string of the molecule is CN(C)C1CC(CNC(=O)c2ccc(F)c(F)c2)C1. The predicted octanol–water partition coefficient (Wildman–Crippen LogP) is 2.03. The van der Waals surface area contributed by atoms with Crippen LogP contribution in [0.25, 0.3) is 0 Å². The summed E-state index contributed by atoms with van der Waals surface area (Å²) < 4.78 is 25.7. The maximum atomic E-state index is 13.0. The zero-order valence-electron chi connectivity index (χ0n) is 11.1. The van der Waals surface area contributed by atoms with Gasteiger partial charge in [-0.15, -0.1) is 0 Å². The molecule has 0 bridgehead atoms. The van der Waals surface area contributed by atoms with E-state index in [0.29, 0.717) is 18.5 Å². The summed E-state index contributed by atoms with van der Waals surface area (Å²) in [5, 5.41) is 2.76. The van der Waals surface area contributed by atoms with Crippen LogP contribution in [0.2, 0.25) is 0 Å². The third kappa shape index (κ3) is 3.29. The number of carbonyl (C=O) groups is 1. The Morgan fingerprint density at radius 3 is 2.58 bits per heavy atom. The van der Waals surface area contributed by atoms with E-state index in [1.165, 1.54) is 6.07 Å². The lowest BCUT2D eigenvalue weighted by atomic mass is 9.79. The first-order chi connectivity index (χ1) is 8.97.